The molecule has 0 radical (unpaired) electrons. The smallest absolute Gasteiger partial charge is 0.191 e. The highest BCUT2D eigenvalue weighted by Gasteiger charge is 2.00. The van der Waals surface area contributed by atoms with Crippen molar-refractivity contribution in [3.05, 3.63) is 47.2 Å². The molecule has 1 aromatic carbocycles. The van der Waals surface area contributed by atoms with Gasteiger partial charge in [0.25, 0.3) is 0 Å². The minimum absolute atomic E-state index is 0.619. The minimum Gasteiger partial charge on any atom is -0.357 e. The van der Waals surface area contributed by atoms with E-state index in [4.69, 9.17) is 11.6 Å². The van der Waals surface area contributed by atoms with E-state index in [-0.39, 0.29) is 0 Å². The molecule has 0 aliphatic rings. The Kier molecular flexibility index (Phi) is 7.29. The molecule has 0 saturated heterocycles. The van der Waals surface area contributed by atoms with E-state index in [1.807, 2.05) is 43.7 Å². The minimum atomic E-state index is 0.619. The topological polar surface area (TPSA) is 54.2 Å². The second kappa shape index (κ2) is 9.47. The van der Waals surface area contributed by atoms with E-state index >= 15 is 0 Å². The van der Waals surface area contributed by atoms with Crippen LogP contribution in [0, 0.1) is 0 Å². The first-order valence-corrected chi connectivity index (χ1v) is 8.92. The Bertz CT molecular complexity index is 624. The molecule has 5 nitrogen and oxygen atoms in total. The fourth-order valence-corrected chi connectivity index (χ4v) is 2.83. The molecule has 0 atom stereocenters. The van der Waals surface area contributed by atoms with Crippen LogP contribution in [0.1, 0.15) is 12.5 Å². The summed E-state index contributed by atoms with van der Waals surface area (Å²) in [5.41, 5.74) is 1.10. The van der Waals surface area contributed by atoms with Crippen molar-refractivity contribution < 1.29 is 0 Å². The van der Waals surface area contributed by atoms with Gasteiger partial charge in [0, 0.05) is 47.6 Å². The van der Waals surface area contributed by atoms with E-state index in [1.165, 1.54) is 4.90 Å². The molecule has 0 spiro atoms. The number of thioether (sulfide) groups is 1. The first-order valence-electron chi connectivity index (χ1n) is 7.55. The number of aryl methyl sites for hydroxylation is 1. The number of aromatic nitrogens is 2. The molecular weight excluding hydrogens is 330 g/mol. The predicted molar refractivity (Wildman–Crippen MR) is 98.2 cm³/mol. The van der Waals surface area contributed by atoms with E-state index in [9.17, 15) is 0 Å². The van der Waals surface area contributed by atoms with Crippen molar-refractivity contribution in [3.8, 4) is 0 Å². The van der Waals surface area contributed by atoms with Gasteiger partial charge in [0.15, 0.2) is 5.96 Å². The molecule has 0 saturated carbocycles. The lowest BCUT2D eigenvalue weighted by atomic mass is 10.4. The van der Waals surface area contributed by atoms with E-state index in [1.54, 1.807) is 16.4 Å². The van der Waals surface area contributed by atoms with Crippen molar-refractivity contribution >= 4 is 29.3 Å². The molecule has 0 aliphatic carbocycles. The number of nitrogens with zero attached hydrogens (tertiary/aromatic N) is 3. The Balaban J connectivity index is 1.76. The molecule has 124 valence electrons. The summed E-state index contributed by atoms with van der Waals surface area (Å²) >= 11 is 7.67. The van der Waals surface area contributed by atoms with Crippen molar-refractivity contribution in [2.45, 2.75) is 18.4 Å². The number of guanidine groups is 1. The van der Waals surface area contributed by atoms with Gasteiger partial charge in [-0.1, -0.05) is 11.6 Å². The quantitative estimate of drug-likeness (QED) is 0.348. The fraction of sp³-hybridized carbons (Fsp3) is 0.375. The lowest BCUT2D eigenvalue weighted by Gasteiger charge is -2.10. The normalized spacial score (nSPS) is 11.5. The molecule has 1 aromatic heterocycles. The highest BCUT2D eigenvalue weighted by Crippen LogP contribution is 2.19. The first kappa shape index (κ1) is 17.7. The van der Waals surface area contributed by atoms with Gasteiger partial charge in [-0.05, 0) is 31.2 Å². The second-order valence-corrected chi connectivity index (χ2v) is 6.55. The summed E-state index contributed by atoms with van der Waals surface area (Å²) in [4.78, 5) is 5.78. The van der Waals surface area contributed by atoms with Crippen molar-refractivity contribution in [2.24, 2.45) is 12.0 Å². The van der Waals surface area contributed by atoms with Crippen molar-refractivity contribution in [1.29, 1.82) is 0 Å². The molecule has 0 aliphatic heterocycles. The lowest BCUT2D eigenvalue weighted by Crippen LogP contribution is -2.38. The molecular formula is C16H22ClN5S. The summed E-state index contributed by atoms with van der Waals surface area (Å²) in [5, 5.41) is 11.5. The van der Waals surface area contributed by atoms with Crippen LogP contribution in [0.15, 0.2) is 46.5 Å². The Morgan fingerprint density at radius 2 is 2.09 bits per heavy atom. The molecule has 7 heteroatoms. The number of benzene rings is 1. The first-order chi connectivity index (χ1) is 11.2. The maximum absolute atomic E-state index is 5.88. The van der Waals surface area contributed by atoms with Gasteiger partial charge in [-0.3, -0.25) is 4.68 Å². The standard InChI is InChI=1S/C16H22ClN5S/c1-3-18-16(20-10-13-11-21-22(2)12-13)19-8-9-23-15-6-4-14(17)5-7-15/h4-7,11-12H,3,8-10H2,1-2H3,(H2,18,19,20). The maximum Gasteiger partial charge on any atom is 0.191 e. The molecule has 2 aromatic rings. The third-order valence-electron chi connectivity index (χ3n) is 3.00. The summed E-state index contributed by atoms with van der Waals surface area (Å²) in [6.07, 6.45) is 3.81. The summed E-state index contributed by atoms with van der Waals surface area (Å²) in [5.74, 6) is 1.78. The van der Waals surface area contributed by atoms with Crippen LogP contribution >= 0.6 is 23.4 Å². The molecule has 2 N–H and O–H groups in total. The lowest BCUT2D eigenvalue weighted by molar-refractivity contribution is 0.766. The van der Waals surface area contributed by atoms with Gasteiger partial charge in [0.1, 0.15) is 0 Å². The summed E-state index contributed by atoms with van der Waals surface area (Å²) < 4.78 is 1.79. The number of halogens is 1. The van der Waals surface area contributed by atoms with Gasteiger partial charge < -0.3 is 10.6 Å². The molecule has 0 bridgehead atoms. The van der Waals surface area contributed by atoms with E-state index < -0.39 is 0 Å². The van der Waals surface area contributed by atoms with Crippen molar-refractivity contribution in [2.75, 3.05) is 18.8 Å². The third-order valence-corrected chi connectivity index (χ3v) is 4.26. The molecule has 0 amide bonds. The number of aliphatic imine (C=N–C) groups is 1. The van der Waals surface area contributed by atoms with Crippen LogP contribution in [0.25, 0.3) is 0 Å². The van der Waals surface area contributed by atoms with Crippen LogP contribution in [0.2, 0.25) is 5.02 Å². The summed E-state index contributed by atoms with van der Waals surface area (Å²) in [6.45, 7) is 4.35. The number of hydrogen-bond acceptors (Lipinski definition) is 3. The van der Waals surface area contributed by atoms with Gasteiger partial charge in [-0.25, -0.2) is 4.99 Å². The Hall–Kier alpha value is -1.66. The Morgan fingerprint density at radius 3 is 2.74 bits per heavy atom. The van der Waals surface area contributed by atoms with Crippen molar-refractivity contribution in [1.82, 2.24) is 20.4 Å². The average Bonchev–Trinajstić information content (AvgIpc) is 2.96. The summed E-state index contributed by atoms with van der Waals surface area (Å²) in [6, 6.07) is 7.90. The van der Waals surface area contributed by atoms with Crippen LogP contribution < -0.4 is 10.6 Å². The largest absolute Gasteiger partial charge is 0.357 e. The Morgan fingerprint density at radius 1 is 1.30 bits per heavy atom. The van der Waals surface area contributed by atoms with Crippen LogP contribution in [0.3, 0.4) is 0 Å². The zero-order valence-corrected chi connectivity index (χ0v) is 15.0. The third kappa shape index (κ3) is 6.54. The van der Waals surface area contributed by atoms with Gasteiger partial charge in [-0.15, -0.1) is 11.8 Å². The van der Waals surface area contributed by atoms with Gasteiger partial charge in [0.05, 0.1) is 12.7 Å². The van der Waals surface area contributed by atoms with Crippen molar-refractivity contribution in [3.63, 3.8) is 0 Å². The highest BCUT2D eigenvalue weighted by atomic mass is 35.5. The molecule has 0 unspecified atom stereocenters. The zero-order chi connectivity index (χ0) is 16.5. The van der Waals surface area contributed by atoms with E-state index in [0.717, 1.165) is 35.4 Å². The maximum atomic E-state index is 5.88. The SMILES string of the molecule is CCNC(=NCc1cnn(C)c1)NCCSc1ccc(Cl)cc1. The van der Waals surface area contributed by atoms with Gasteiger partial charge >= 0.3 is 0 Å². The Labute approximate surface area is 146 Å². The number of hydrogen-bond donors (Lipinski definition) is 2. The molecule has 23 heavy (non-hydrogen) atoms. The zero-order valence-electron chi connectivity index (χ0n) is 13.4. The van der Waals surface area contributed by atoms with Crippen LogP contribution in [-0.4, -0.2) is 34.6 Å². The molecule has 1 heterocycles. The van der Waals surface area contributed by atoms with E-state index in [0.29, 0.717) is 6.54 Å². The van der Waals surface area contributed by atoms with Crippen LogP contribution in [0.5, 0.6) is 0 Å². The highest BCUT2D eigenvalue weighted by molar-refractivity contribution is 7.99. The monoisotopic (exact) mass is 351 g/mol. The number of rotatable bonds is 7. The second-order valence-electron chi connectivity index (χ2n) is 4.95. The van der Waals surface area contributed by atoms with Gasteiger partial charge in [0.2, 0.25) is 0 Å². The fourth-order valence-electron chi connectivity index (χ4n) is 1.93. The van der Waals surface area contributed by atoms with Gasteiger partial charge in [-0.2, -0.15) is 5.10 Å². The molecule has 0 fully saturated rings. The average molecular weight is 352 g/mol. The number of nitrogens with one attached hydrogen (secondary N) is 2. The predicted octanol–water partition coefficient (Wildman–Crippen LogP) is 2.92. The summed E-state index contributed by atoms with van der Waals surface area (Å²) in [7, 11) is 1.91. The van der Waals surface area contributed by atoms with Crippen LogP contribution in [0.4, 0.5) is 0 Å². The van der Waals surface area contributed by atoms with Crippen LogP contribution in [-0.2, 0) is 13.6 Å². The molecule has 2 rings (SSSR count). The van der Waals surface area contributed by atoms with E-state index in [2.05, 4.69) is 27.6 Å².